The first-order valence-electron chi connectivity index (χ1n) is 9.41. The summed E-state index contributed by atoms with van der Waals surface area (Å²) in [5.41, 5.74) is 1.38. The van der Waals surface area contributed by atoms with E-state index >= 15 is 0 Å². The average molecular weight is 351 g/mol. The minimum absolute atomic E-state index is 1.00. The highest BCUT2D eigenvalue weighted by atomic mass is 15.1. The lowest BCUT2D eigenvalue weighted by Crippen LogP contribution is -2.26. The molecule has 0 saturated carbocycles. The normalized spacial score (nSPS) is 11.3. The quantitative estimate of drug-likeness (QED) is 0.563. The predicted molar refractivity (Wildman–Crippen MR) is 105 cm³/mol. The molecular formula is C21H29N5. The van der Waals surface area contributed by atoms with Crippen molar-refractivity contribution in [2.45, 2.75) is 32.2 Å². The smallest absolute Gasteiger partial charge is 0.108 e. The van der Waals surface area contributed by atoms with Crippen molar-refractivity contribution in [3.05, 3.63) is 72.3 Å². The Kier molecular flexibility index (Phi) is 6.61. The van der Waals surface area contributed by atoms with Gasteiger partial charge in [-0.15, -0.1) is 0 Å². The summed E-state index contributed by atoms with van der Waals surface area (Å²) in [5, 5.41) is 0. The number of rotatable bonds is 10. The Hall–Kier alpha value is -2.40. The van der Waals surface area contributed by atoms with Crippen molar-refractivity contribution in [2.24, 2.45) is 14.1 Å². The summed E-state index contributed by atoms with van der Waals surface area (Å²) in [7, 11) is 4.13. The van der Waals surface area contributed by atoms with Crippen LogP contribution in [0.25, 0.3) is 0 Å². The number of hydrogen-bond donors (Lipinski definition) is 0. The number of hydrogen-bond acceptors (Lipinski definition) is 3. The lowest BCUT2D eigenvalue weighted by Gasteiger charge is -2.22. The largest absolute Gasteiger partial charge is 0.338 e. The molecule has 0 amide bonds. The third-order valence-electron chi connectivity index (χ3n) is 4.84. The van der Waals surface area contributed by atoms with Crippen LogP contribution in [0.3, 0.4) is 0 Å². The van der Waals surface area contributed by atoms with Gasteiger partial charge in [0.1, 0.15) is 11.6 Å². The van der Waals surface area contributed by atoms with Crippen LogP contribution in [0.2, 0.25) is 0 Å². The fourth-order valence-electron chi connectivity index (χ4n) is 3.31. The summed E-state index contributed by atoms with van der Waals surface area (Å²) in [5.74, 6) is 2.33. The Morgan fingerprint density at radius 1 is 0.808 bits per heavy atom. The molecule has 0 N–H and O–H groups in total. The second kappa shape index (κ2) is 9.34. The third kappa shape index (κ3) is 5.30. The average Bonchev–Trinajstić information content (AvgIpc) is 3.24. The molecule has 3 aromatic rings. The maximum atomic E-state index is 4.44. The second-order valence-corrected chi connectivity index (χ2v) is 6.88. The van der Waals surface area contributed by atoms with Crippen molar-refractivity contribution in [1.82, 2.24) is 24.0 Å². The molecule has 0 aliphatic carbocycles. The zero-order valence-electron chi connectivity index (χ0n) is 15.9. The van der Waals surface area contributed by atoms with Gasteiger partial charge in [0.15, 0.2) is 0 Å². The van der Waals surface area contributed by atoms with E-state index in [1.807, 2.05) is 24.8 Å². The Labute approximate surface area is 156 Å². The minimum atomic E-state index is 1.00. The molecule has 0 aliphatic rings. The first kappa shape index (κ1) is 18.4. The van der Waals surface area contributed by atoms with Gasteiger partial charge in [-0.25, -0.2) is 9.97 Å². The number of imidazole rings is 2. The van der Waals surface area contributed by atoms with E-state index in [9.17, 15) is 0 Å². The molecule has 0 saturated heterocycles. The predicted octanol–water partition coefficient (Wildman–Crippen LogP) is 3.22. The molecule has 0 bridgehead atoms. The molecule has 0 spiro atoms. The van der Waals surface area contributed by atoms with Gasteiger partial charge in [0, 0.05) is 58.3 Å². The van der Waals surface area contributed by atoms with E-state index in [0.29, 0.717) is 0 Å². The monoisotopic (exact) mass is 351 g/mol. The molecule has 0 radical (unpaired) electrons. The van der Waals surface area contributed by atoms with Crippen molar-refractivity contribution in [1.29, 1.82) is 0 Å². The lowest BCUT2D eigenvalue weighted by atomic mass is 10.2. The van der Waals surface area contributed by atoms with Gasteiger partial charge in [-0.2, -0.15) is 0 Å². The molecule has 0 aliphatic heterocycles. The van der Waals surface area contributed by atoms with Crippen LogP contribution < -0.4 is 0 Å². The molecule has 0 atom stereocenters. The number of benzene rings is 1. The summed E-state index contributed by atoms with van der Waals surface area (Å²) in [4.78, 5) is 11.4. The third-order valence-corrected chi connectivity index (χ3v) is 4.84. The minimum Gasteiger partial charge on any atom is -0.338 e. The van der Waals surface area contributed by atoms with Gasteiger partial charge in [0.05, 0.1) is 0 Å². The topological polar surface area (TPSA) is 38.9 Å². The fourth-order valence-corrected chi connectivity index (χ4v) is 3.31. The van der Waals surface area contributed by atoms with E-state index in [1.54, 1.807) is 0 Å². The number of aromatic nitrogens is 4. The first-order valence-corrected chi connectivity index (χ1v) is 9.41. The highest BCUT2D eigenvalue weighted by Gasteiger charge is 2.08. The zero-order chi connectivity index (χ0) is 18.2. The molecule has 26 heavy (non-hydrogen) atoms. The van der Waals surface area contributed by atoms with Gasteiger partial charge in [-0.05, 0) is 31.5 Å². The van der Waals surface area contributed by atoms with Crippen LogP contribution >= 0.6 is 0 Å². The molecule has 0 unspecified atom stereocenters. The van der Waals surface area contributed by atoms with E-state index in [2.05, 4.69) is 68.4 Å². The van der Waals surface area contributed by atoms with Crippen molar-refractivity contribution < 1.29 is 0 Å². The van der Waals surface area contributed by atoms with Gasteiger partial charge in [0.25, 0.3) is 0 Å². The Morgan fingerprint density at radius 2 is 1.35 bits per heavy atom. The summed E-state index contributed by atoms with van der Waals surface area (Å²) in [6.07, 6.45) is 12.1. The summed E-state index contributed by atoms with van der Waals surface area (Å²) in [6, 6.07) is 10.7. The van der Waals surface area contributed by atoms with E-state index < -0.39 is 0 Å². The second-order valence-electron chi connectivity index (χ2n) is 6.88. The van der Waals surface area contributed by atoms with Crippen molar-refractivity contribution >= 4 is 0 Å². The van der Waals surface area contributed by atoms with Gasteiger partial charge >= 0.3 is 0 Å². The Morgan fingerprint density at radius 3 is 1.81 bits per heavy atom. The van der Waals surface area contributed by atoms with E-state index in [0.717, 1.165) is 57.0 Å². The summed E-state index contributed by atoms with van der Waals surface area (Å²) >= 11 is 0. The molecular weight excluding hydrogens is 322 g/mol. The Balaban J connectivity index is 1.52. The molecule has 3 rings (SSSR count). The molecule has 138 valence electrons. The number of aryl methyl sites for hydroxylation is 4. The molecule has 5 nitrogen and oxygen atoms in total. The highest BCUT2D eigenvalue weighted by Crippen LogP contribution is 2.09. The van der Waals surface area contributed by atoms with Crippen molar-refractivity contribution in [2.75, 3.05) is 13.1 Å². The van der Waals surface area contributed by atoms with Crippen LogP contribution in [0.4, 0.5) is 0 Å². The highest BCUT2D eigenvalue weighted by molar-refractivity contribution is 5.14. The van der Waals surface area contributed by atoms with E-state index in [-0.39, 0.29) is 0 Å². The van der Waals surface area contributed by atoms with Gasteiger partial charge in [-0.3, -0.25) is 4.90 Å². The van der Waals surface area contributed by atoms with Gasteiger partial charge < -0.3 is 9.13 Å². The molecule has 2 aromatic heterocycles. The summed E-state index contributed by atoms with van der Waals surface area (Å²) < 4.78 is 4.23. The van der Waals surface area contributed by atoms with Crippen molar-refractivity contribution in [3.63, 3.8) is 0 Å². The molecule has 2 heterocycles. The standard InChI is InChI=1S/C21H29N5/c1-24-16-12-22-20(24)10-6-14-26(18-19-8-4-3-5-9-19)15-7-11-21-23-13-17-25(21)2/h3-5,8-9,12-13,16-17H,6-7,10-11,14-15,18H2,1-2H3. The molecule has 0 fully saturated rings. The fraction of sp³-hybridized carbons (Fsp3) is 0.429. The van der Waals surface area contributed by atoms with E-state index in [1.165, 1.54) is 5.56 Å². The van der Waals surface area contributed by atoms with Gasteiger partial charge in [-0.1, -0.05) is 30.3 Å². The van der Waals surface area contributed by atoms with Gasteiger partial charge in [0.2, 0.25) is 0 Å². The molecule has 5 heteroatoms. The summed E-state index contributed by atoms with van der Waals surface area (Å²) in [6.45, 7) is 3.17. The van der Waals surface area contributed by atoms with Crippen LogP contribution in [-0.4, -0.2) is 37.1 Å². The maximum Gasteiger partial charge on any atom is 0.108 e. The van der Waals surface area contributed by atoms with Crippen LogP contribution in [-0.2, 0) is 33.5 Å². The van der Waals surface area contributed by atoms with Crippen LogP contribution in [0.1, 0.15) is 30.1 Å². The van der Waals surface area contributed by atoms with Crippen LogP contribution in [0.5, 0.6) is 0 Å². The molecule has 1 aromatic carbocycles. The van der Waals surface area contributed by atoms with E-state index in [4.69, 9.17) is 0 Å². The Bertz CT molecular complexity index is 728. The zero-order valence-corrected chi connectivity index (χ0v) is 15.9. The number of nitrogens with zero attached hydrogens (tertiary/aromatic N) is 5. The first-order chi connectivity index (χ1) is 12.7. The lowest BCUT2D eigenvalue weighted by molar-refractivity contribution is 0.257. The SMILES string of the molecule is Cn1ccnc1CCCN(CCCc1nccn1C)Cc1ccccc1. The maximum absolute atomic E-state index is 4.44. The van der Waals surface area contributed by atoms with Crippen LogP contribution in [0, 0.1) is 0 Å². The van der Waals surface area contributed by atoms with Crippen molar-refractivity contribution in [3.8, 4) is 0 Å². The van der Waals surface area contributed by atoms with Crippen LogP contribution in [0.15, 0.2) is 55.1 Å².